The molecule has 146 valence electrons. The average molecular weight is 359 g/mol. The Morgan fingerprint density at radius 3 is 2.35 bits per heavy atom. The molecule has 26 heavy (non-hydrogen) atoms. The number of carbonyl (C=O) groups is 1. The number of hydrogen-bond acceptors (Lipinski definition) is 2. The SMILES string of the molecule is CC1(C)CCC[C@]2(C)[C@H]3C[C@@H](O)[C@]4(C)C=C(C=O)CC[C@H]4[C@]3(C)CC[C@@H]12. The Balaban J connectivity index is 1.77. The molecule has 4 aliphatic carbocycles. The molecule has 3 fully saturated rings. The lowest BCUT2D eigenvalue weighted by Crippen LogP contribution is -2.64. The molecule has 0 bridgehead atoms. The average Bonchev–Trinajstić information content (AvgIpc) is 2.56. The second-order valence-corrected chi connectivity index (χ2v) is 11.5. The third kappa shape index (κ3) is 2.30. The maximum atomic E-state index is 11.4. The van der Waals surface area contributed by atoms with Crippen molar-refractivity contribution in [2.24, 2.45) is 39.4 Å². The fraction of sp³-hybridized carbons (Fsp3) is 0.875. The number of allylic oxidation sites excluding steroid dienone is 1. The van der Waals surface area contributed by atoms with E-state index in [-0.39, 0.29) is 16.9 Å². The van der Waals surface area contributed by atoms with Gasteiger partial charge in [-0.05, 0) is 84.5 Å². The van der Waals surface area contributed by atoms with Gasteiger partial charge in [-0.1, -0.05) is 47.1 Å². The van der Waals surface area contributed by atoms with E-state index in [2.05, 4.69) is 40.7 Å². The van der Waals surface area contributed by atoms with Crippen LogP contribution in [0.3, 0.4) is 0 Å². The Morgan fingerprint density at radius 2 is 1.65 bits per heavy atom. The smallest absolute Gasteiger partial charge is 0.145 e. The van der Waals surface area contributed by atoms with E-state index in [1.807, 2.05) is 0 Å². The number of aldehydes is 1. The van der Waals surface area contributed by atoms with Gasteiger partial charge in [0.15, 0.2) is 0 Å². The molecule has 3 saturated carbocycles. The third-order valence-electron chi connectivity index (χ3n) is 9.93. The standard InChI is InChI=1S/C24H38O2/c1-21(2)10-6-11-22(3)17(21)9-12-23(4)18-8-7-16(15-25)14-24(18,5)20(26)13-19(22)23/h14-15,17-20,26H,6-13H2,1-5H3/t17-,18-,19+,20+,22-,23-,24+/m0/s1. The van der Waals surface area contributed by atoms with Crippen molar-refractivity contribution in [1.82, 2.24) is 0 Å². The predicted octanol–water partition coefficient (Wildman–Crippen LogP) is 5.54. The molecule has 4 aliphatic rings. The first-order valence-electron chi connectivity index (χ1n) is 10.9. The molecule has 0 spiro atoms. The van der Waals surface area contributed by atoms with Crippen molar-refractivity contribution >= 4 is 6.29 Å². The normalized spacial score (nSPS) is 52.9. The van der Waals surface area contributed by atoms with E-state index < -0.39 is 0 Å². The van der Waals surface area contributed by atoms with Gasteiger partial charge >= 0.3 is 0 Å². The summed E-state index contributed by atoms with van der Waals surface area (Å²) in [6, 6.07) is 0. The highest BCUT2D eigenvalue weighted by atomic mass is 16.3. The molecule has 2 heteroatoms. The predicted molar refractivity (Wildman–Crippen MR) is 106 cm³/mol. The molecule has 0 heterocycles. The lowest BCUT2D eigenvalue weighted by molar-refractivity contribution is -0.215. The Labute approximate surface area is 159 Å². The summed E-state index contributed by atoms with van der Waals surface area (Å²) in [4.78, 5) is 11.4. The number of aliphatic hydroxyl groups excluding tert-OH is 1. The molecule has 0 radical (unpaired) electrons. The van der Waals surface area contributed by atoms with Crippen LogP contribution in [-0.4, -0.2) is 17.5 Å². The van der Waals surface area contributed by atoms with Crippen molar-refractivity contribution in [1.29, 1.82) is 0 Å². The molecule has 0 saturated heterocycles. The van der Waals surface area contributed by atoms with Crippen molar-refractivity contribution in [3.05, 3.63) is 11.6 Å². The topological polar surface area (TPSA) is 37.3 Å². The summed E-state index contributed by atoms with van der Waals surface area (Å²) in [6.07, 6.45) is 12.4. The molecule has 0 aliphatic heterocycles. The molecule has 0 unspecified atom stereocenters. The summed E-state index contributed by atoms with van der Waals surface area (Å²) in [5.41, 5.74) is 1.75. The minimum atomic E-state index is -0.318. The number of rotatable bonds is 1. The van der Waals surface area contributed by atoms with Gasteiger partial charge in [-0.15, -0.1) is 0 Å². The van der Waals surface area contributed by atoms with Crippen LogP contribution in [0.4, 0.5) is 0 Å². The zero-order valence-electron chi connectivity index (χ0n) is 17.5. The summed E-state index contributed by atoms with van der Waals surface area (Å²) in [5.74, 6) is 1.88. The van der Waals surface area contributed by atoms with Crippen LogP contribution in [0.25, 0.3) is 0 Å². The van der Waals surface area contributed by atoms with Crippen molar-refractivity contribution in [3.63, 3.8) is 0 Å². The molecule has 0 amide bonds. The fourth-order valence-corrected chi connectivity index (χ4v) is 8.77. The van der Waals surface area contributed by atoms with E-state index in [1.165, 1.54) is 32.1 Å². The van der Waals surface area contributed by atoms with Gasteiger partial charge in [0.2, 0.25) is 0 Å². The number of fused-ring (bicyclic) bond motifs is 5. The highest BCUT2D eigenvalue weighted by Crippen LogP contribution is 2.72. The van der Waals surface area contributed by atoms with Crippen molar-refractivity contribution < 1.29 is 9.90 Å². The summed E-state index contributed by atoms with van der Waals surface area (Å²) in [6.45, 7) is 12.3. The maximum Gasteiger partial charge on any atom is 0.145 e. The first kappa shape index (κ1) is 18.7. The molecular formula is C24H38O2. The van der Waals surface area contributed by atoms with Crippen molar-refractivity contribution in [3.8, 4) is 0 Å². The van der Waals surface area contributed by atoms with Gasteiger partial charge in [-0.25, -0.2) is 0 Å². The van der Waals surface area contributed by atoms with Crippen LogP contribution in [0.2, 0.25) is 0 Å². The van der Waals surface area contributed by atoms with Crippen LogP contribution in [0.15, 0.2) is 11.6 Å². The van der Waals surface area contributed by atoms with Crippen LogP contribution in [-0.2, 0) is 4.79 Å². The van der Waals surface area contributed by atoms with Gasteiger partial charge in [-0.2, -0.15) is 0 Å². The Kier molecular flexibility index (Phi) is 4.10. The molecule has 7 atom stereocenters. The minimum absolute atomic E-state index is 0.229. The molecule has 0 aromatic carbocycles. The van der Waals surface area contributed by atoms with Crippen LogP contribution in [0.5, 0.6) is 0 Å². The zero-order valence-corrected chi connectivity index (χ0v) is 17.5. The fourth-order valence-electron chi connectivity index (χ4n) is 8.77. The Hall–Kier alpha value is -0.630. The molecule has 0 aromatic heterocycles. The van der Waals surface area contributed by atoms with Crippen molar-refractivity contribution in [2.75, 3.05) is 0 Å². The van der Waals surface area contributed by atoms with E-state index in [0.29, 0.717) is 22.7 Å². The van der Waals surface area contributed by atoms with Gasteiger partial charge in [-0.3, -0.25) is 4.79 Å². The van der Waals surface area contributed by atoms with Crippen molar-refractivity contribution in [2.45, 2.75) is 92.1 Å². The van der Waals surface area contributed by atoms with Gasteiger partial charge in [0.25, 0.3) is 0 Å². The summed E-state index contributed by atoms with van der Waals surface area (Å²) in [7, 11) is 0. The maximum absolute atomic E-state index is 11.4. The lowest BCUT2D eigenvalue weighted by atomic mass is 9.36. The van der Waals surface area contributed by atoms with Gasteiger partial charge in [0, 0.05) is 5.41 Å². The van der Waals surface area contributed by atoms with E-state index in [9.17, 15) is 9.90 Å². The highest BCUT2D eigenvalue weighted by molar-refractivity contribution is 5.73. The minimum Gasteiger partial charge on any atom is -0.392 e. The first-order chi connectivity index (χ1) is 12.1. The highest BCUT2D eigenvalue weighted by Gasteiger charge is 2.65. The van der Waals surface area contributed by atoms with E-state index >= 15 is 0 Å². The summed E-state index contributed by atoms with van der Waals surface area (Å²) < 4.78 is 0. The van der Waals surface area contributed by atoms with E-state index in [0.717, 1.165) is 37.0 Å². The molecule has 0 aromatic rings. The first-order valence-corrected chi connectivity index (χ1v) is 10.9. The van der Waals surface area contributed by atoms with Gasteiger partial charge in [0.1, 0.15) is 6.29 Å². The number of aliphatic hydroxyl groups is 1. The third-order valence-corrected chi connectivity index (χ3v) is 9.93. The largest absolute Gasteiger partial charge is 0.392 e. The summed E-state index contributed by atoms with van der Waals surface area (Å²) >= 11 is 0. The molecule has 1 N–H and O–H groups in total. The molecular weight excluding hydrogens is 320 g/mol. The van der Waals surface area contributed by atoms with Crippen LogP contribution >= 0.6 is 0 Å². The monoisotopic (exact) mass is 358 g/mol. The van der Waals surface area contributed by atoms with E-state index in [1.54, 1.807) is 0 Å². The second kappa shape index (κ2) is 5.69. The van der Waals surface area contributed by atoms with Gasteiger partial charge < -0.3 is 5.11 Å². The number of hydrogen-bond donors (Lipinski definition) is 1. The number of carbonyl (C=O) groups excluding carboxylic acids is 1. The lowest BCUT2D eigenvalue weighted by Gasteiger charge is -2.69. The van der Waals surface area contributed by atoms with E-state index in [4.69, 9.17) is 0 Å². The molecule has 2 nitrogen and oxygen atoms in total. The zero-order chi connectivity index (χ0) is 19.0. The summed E-state index contributed by atoms with van der Waals surface area (Å²) in [5, 5.41) is 11.3. The second-order valence-electron chi connectivity index (χ2n) is 11.5. The Bertz CT molecular complexity index is 634. The van der Waals surface area contributed by atoms with Crippen LogP contribution in [0.1, 0.15) is 86.0 Å². The van der Waals surface area contributed by atoms with Crippen LogP contribution < -0.4 is 0 Å². The van der Waals surface area contributed by atoms with Crippen LogP contribution in [0, 0.1) is 39.4 Å². The quantitative estimate of drug-likeness (QED) is 0.625. The van der Waals surface area contributed by atoms with Gasteiger partial charge in [0.05, 0.1) is 6.10 Å². The molecule has 4 rings (SSSR count). The Morgan fingerprint density at radius 1 is 0.962 bits per heavy atom.